The topological polar surface area (TPSA) is 79.1 Å². The van der Waals surface area contributed by atoms with Crippen molar-refractivity contribution in [1.82, 2.24) is 28.1 Å². The van der Waals surface area contributed by atoms with Gasteiger partial charge in [0.15, 0.2) is 11.2 Å². The molecule has 4 heterocycles. The van der Waals surface area contributed by atoms with Gasteiger partial charge in [0, 0.05) is 26.5 Å². The number of hydrogen-bond donors (Lipinski definition) is 0. The van der Waals surface area contributed by atoms with E-state index < -0.39 is 0 Å². The van der Waals surface area contributed by atoms with Crippen molar-refractivity contribution >= 4 is 16.8 Å². The highest BCUT2D eigenvalue weighted by molar-refractivity contribution is 5.70. The van der Waals surface area contributed by atoms with Gasteiger partial charge >= 0.3 is 5.69 Å². The van der Waals surface area contributed by atoms with E-state index in [1.807, 2.05) is 35.0 Å². The van der Waals surface area contributed by atoms with Crippen LogP contribution in [-0.2, 0) is 20.6 Å². The highest BCUT2D eigenvalue weighted by Crippen LogP contribution is 2.10. The minimum Gasteiger partial charge on any atom is -0.319 e. The molecular formula is C15H14N6O2. The lowest BCUT2D eigenvalue weighted by Crippen LogP contribution is -2.37. The molecule has 0 aliphatic rings. The first-order chi connectivity index (χ1) is 11.1. The van der Waals surface area contributed by atoms with Crippen LogP contribution in [-0.4, -0.2) is 28.1 Å². The van der Waals surface area contributed by atoms with Crippen LogP contribution in [0.15, 0.2) is 46.5 Å². The van der Waals surface area contributed by atoms with Crippen LogP contribution >= 0.6 is 0 Å². The van der Waals surface area contributed by atoms with Gasteiger partial charge in [0.1, 0.15) is 5.65 Å². The number of aryl methyl sites for hydroxylation is 1. The SMILES string of the molecule is Cn1c(=O)c2c(ncn2Cc2cn3ccccc3n2)n(C)c1=O. The van der Waals surface area contributed by atoms with Crippen molar-refractivity contribution in [2.45, 2.75) is 6.54 Å². The van der Waals surface area contributed by atoms with Gasteiger partial charge in [-0.2, -0.15) is 0 Å². The zero-order chi connectivity index (χ0) is 16.1. The number of aromatic nitrogens is 6. The van der Waals surface area contributed by atoms with Crippen molar-refractivity contribution < 1.29 is 0 Å². The van der Waals surface area contributed by atoms with E-state index in [4.69, 9.17) is 0 Å². The maximum Gasteiger partial charge on any atom is 0.332 e. The van der Waals surface area contributed by atoms with Crippen LogP contribution in [0.1, 0.15) is 5.69 Å². The number of fused-ring (bicyclic) bond motifs is 2. The van der Waals surface area contributed by atoms with Crippen molar-refractivity contribution in [2.75, 3.05) is 0 Å². The minimum absolute atomic E-state index is 0.357. The highest BCUT2D eigenvalue weighted by atomic mass is 16.2. The fourth-order valence-corrected chi connectivity index (χ4v) is 2.75. The molecule has 8 nitrogen and oxygen atoms in total. The van der Waals surface area contributed by atoms with E-state index in [-0.39, 0.29) is 11.2 Å². The summed E-state index contributed by atoms with van der Waals surface area (Å²) in [6, 6.07) is 5.76. The Morgan fingerprint density at radius 2 is 1.96 bits per heavy atom. The van der Waals surface area contributed by atoms with Gasteiger partial charge in [0.05, 0.1) is 18.6 Å². The molecule has 0 aliphatic heterocycles. The molecule has 0 saturated carbocycles. The summed E-state index contributed by atoms with van der Waals surface area (Å²) in [5, 5.41) is 0. The van der Waals surface area contributed by atoms with Crippen LogP contribution in [0.4, 0.5) is 0 Å². The molecule has 8 heteroatoms. The molecule has 0 unspecified atom stereocenters. The molecule has 0 N–H and O–H groups in total. The van der Waals surface area contributed by atoms with Crippen molar-refractivity contribution in [3.05, 3.63) is 63.5 Å². The number of nitrogens with zero attached hydrogens (tertiary/aromatic N) is 6. The Kier molecular flexibility index (Phi) is 2.74. The first-order valence-electron chi connectivity index (χ1n) is 7.10. The lowest BCUT2D eigenvalue weighted by Gasteiger charge is -2.05. The van der Waals surface area contributed by atoms with Gasteiger partial charge in [0.25, 0.3) is 5.56 Å². The maximum absolute atomic E-state index is 12.4. The molecule has 116 valence electrons. The largest absolute Gasteiger partial charge is 0.332 e. The smallest absolute Gasteiger partial charge is 0.319 e. The zero-order valence-corrected chi connectivity index (χ0v) is 12.7. The van der Waals surface area contributed by atoms with Gasteiger partial charge in [-0.15, -0.1) is 0 Å². The lowest BCUT2D eigenvalue weighted by atomic mass is 10.4. The number of imidazole rings is 2. The number of hydrogen-bond acceptors (Lipinski definition) is 4. The average Bonchev–Trinajstić information content (AvgIpc) is 3.14. The Morgan fingerprint density at radius 3 is 2.74 bits per heavy atom. The summed E-state index contributed by atoms with van der Waals surface area (Å²) in [6.45, 7) is 0.408. The van der Waals surface area contributed by atoms with Crippen LogP contribution < -0.4 is 11.2 Å². The molecule has 0 spiro atoms. The first kappa shape index (κ1) is 13.5. The van der Waals surface area contributed by atoms with Crippen LogP contribution in [0, 0.1) is 0 Å². The van der Waals surface area contributed by atoms with Gasteiger partial charge < -0.3 is 8.97 Å². The molecular weight excluding hydrogens is 296 g/mol. The second kappa shape index (κ2) is 4.67. The molecule has 4 aromatic rings. The summed E-state index contributed by atoms with van der Waals surface area (Å²) in [5.41, 5.74) is 1.68. The Morgan fingerprint density at radius 1 is 1.13 bits per heavy atom. The summed E-state index contributed by atoms with van der Waals surface area (Å²) in [7, 11) is 3.07. The second-order valence-electron chi connectivity index (χ2n) is 5.45. The summed E-state index contributed by atoms with van der Waals surface area (Å²) < 4.78 is 6.10. The minimum atomic E-state index is -0.388. The Bertz CT molecular complexity index is 1130. The monoisotopic (exact) mass is 310 g/mol. The molecule has 4 rings (SSSR count). The third-order valence-electron chi connectivity index (χ3n) is 3.96. The fraction of sp³-hybridized carbons (Fsp3) is 0.200. The molecule has 0 aromatic carbocycles. The van der Waals surface area contributed by atoms with Gasteiger partial charge in [0.2, 0.25) is 0 Å². The van der Waals surface area contributed by atoms with Crippen LogP contribution in [0.5, 0.6) is 0 Å². The van der Waals surface area contributed by atoms with E-state index in [2.05, 4.69) is 9.97 Å². The van der Waals surface area contributed by atoms with Gasteiger partial charge in [-0.1, -0.05) is 6.07 Å². The fourth-order valence-electron chi connectivity index (χ4n) is 2.75. The molecule has 0 radical (unpaired) electrons. The van der Waals surface area contributed by atoms with Crippen molar-refractivity contribution in [2.24, 2.45) is 14.1 Å². The molecule has 0 atom stereocenters. The Hall–Kier alpha value is -3.16. The molecule has 0 bridgehead atoms. The predicted octanol–water partition coefficient (Wildman–Crippen LogP) is 0.130. The Labute approximate surface area is 129 Å². The lowest BCUT2D eigenvalue weighted by molar-refractivity contribution is 0.701. The summed E-state index contributed by atoms with van der Waals surface area (Å²) in [6.07, 6.45) is 5.39. The second-order valence-corrected chi connectivity index (χ2v) is 5.45. The normalized spacial score (nSPS) is 11.6. The van der Waals surface area contributed by atoms with Gasteiger partial charge in [-0.25, -0.2) is 14.8 Å². The molecule has 0 aliphatic carbocycles. The molecule has 23 heavy (non-hydrogen) atoms. The summed E-state index contributed by atoms with van der Waals surface area (Å²) in [4.78, 5) is 33.1. The van der Waals surface area contributed by atoms with E-state index >= 15 is 0 Å². The van der Waals surface area contributed by atoms with Crippen molar-refractivity contribution in [1.29, 1.82) is 0 Å². The Balaban J connectivity index is 1.89. The molecule has 0 fully saturated rings. The summed E-state index contributed by atoms with van der Waals surface area (Å²) >= 11 is 0. The quantitative estimate of drug-likeness (QED) is 0.527. The van der Waals surface area contributed by atoms with Crippen LogP contribution in [0.2, 0.25) is 0 Å². The van der Waals surface area contributed by atoms with E-state index in [0.29, 0.717) is 17.7 Å². The third kappa shape index (κ3) is 1.91. The first-order valence-corrected chi connectivity index (χ1v) is 7.10. The highest BCUT2D eigenvalue weighted by Gasteiger charge is 2.15. The van der Waals surface area contributed by atoms with E-state index in [9.17, 15) is 9.59 Å². The standard InChI is InChI=1S/C15H14N6O2/c1-18-13-12(14(22)19(2)15(18)23)21(9-16-13)8-10-7-20-6-4-3-5-11(20)17-10/h3-7,9H,8H2,1-2H3. The predicted molar refractivity (Wildman–Crippen MR) is 84.5 cm³/mol. The van der Waals surface area contributed by atoms with Gasteiger partial charge in [-0.3, -0.25) is 13.9 Å². The van der Waals surface area contributed by atoms with Gasteiger partial charge in [-0.05, 0) is 12.1 Å². The van der Waals surface area contributed by atoms with E-state index in [1.165, 1.54) is 11.6 Å². The van der Waals surface area contributed by atoms with Crippen LogP contribution in [0.25, 0.3) is 16.8 Å². The maximum atomic E-state index is 12.4. The molecule has 4 aromatic heterocycles. The average molecular weight is 310 g/mol. The van der Waals surface area contributed by atoms with E-state index in [0.717, 1.165) is 15.9 Å². The van der Waals surface area contributed by atoms with Crippen LogP contribution in [0.3, 0.4) is 0 Å². The van der Waals surface area contributed by atoms with E-state index in [1.54, 1.807) is 17.9 Å². The van der Waals surface area contributed by atoms with Crippen molar-refractivity contribution in [3.63, 3.8) is 0 Å². The van der Waals surface area contributed by atoms with Crippen molar-refractivity contribution in [3.8, 4) is 0 Å². The zero-order valence-electron chi connectivity index (χ0n) is 12.7. The number of pyridine rings is 1. The third-order valence-corrected chi connectivity index (χ3v) is 3.96. The molecule has 0 saturated heterocycles. The summed E-state index contributed by atoms with van der Waals surface area (Å²) in [5.74, 6) is 0. The molecule has 0 amide bonds. The number of rotatable bonds is 2.